The summed E-state index contributed by atoms with van der Waals surface area (Å²) < 4.78 is 5.32. The van der Waals surface area contributed by atoms with Crippen LogP contribution in [0.3, 0.4) is 0 Å². The van der Waals surface area contributed by atoms with Crippen molar-refractivity contribution in [1.29, 1.82) is 0 Å². The van der Waals surface area contributed by atoms with Crippen molar-refractivity contribution >= 4 is 41.2 Å². The van der Waals surface area contributed by atoms with Crippen molar-refractivity contribution in [2.75, 3.05) is 13.6 Å². The van der Waals surface area contributed by atoms with Crippen LogP contribution in [0.4, 0.5) is 5.69 Å². The van der Waals surface area contributed by atoms with E-state index < -0.39 is 5.97 Å². The molecule has 0 radical (unpaired) electrons. The number of rotatable bonds is 6. The van der Waals surface area contributed by atoms with E-state index in [1.165, 1.54) is 6.07 Å². The van der Waals surface area contributed by atoms with Gasteiger partial charge in [0.15, 0.2) is 0 Å². The molecule has 0 amide bonds. The van der Waals surface area contributed by atoms with E-state index in [0.717, 1.165) is 17.7 Å². The average Bonchev–Trinajstić information content (AvgIpc) is 2.61. The number of hydrogen-bond donors (Lipinski definition) is 0. The lowest BCUT2D eigenvalue weighted by Crippen LogP contribution is -2.14. The minimum Gasteiger partial charge on any atom is -0.457 e. The summed E-state index contributed by atoms with van der Waals surface area (Å²) in [5, 5.41) is 0.594. The maximum Gasteiger partial charge on any atom is 0.340 e. The van der Waals surface area contributed by atoms with Crippen LogP contribution in [0.25, 0.3) is 0 Å². The molecule has 132 valence electrons. The van der Waals surface area contributed by atoms with Crippen LogP contribution in [0, 0.1) is 6.92 Å². The van der Waals surface area contributed by atoms with Crippen LogP contribution in [-0.4, -0.2) is 30.8 Å². The molecule has 6 heteroatoms. The van der Waals surface area contributed by atoms with Gasteiger partial charge in [-0.2, -0.15) is 0 Å². The number of esters is 1. The van der Waals surface area contributed by atoms with Crippen LogP contribution in [-0.2, 0) is 11.3 Å². The maximum absolute atomic E-state index is 12.3. The Balaban J connectivity index is 2.10. The van der Waals surface area contributed by atoms with E-state index in [2.05, 4.69) is 4.99 Å². The average molecular weight is 379 g/mol. The topological polar surface area (TPSA) is 41.9 Å². The minimum absolute atomic E-state index is 0.175. The van der Waals surface area contributed by atoms with Crippen LogP contribution in [0.15, 0.2) is 41.4 Å². The van der Waals surface area contributed by atoms with E-state index in [9.17, 15) is 4.79 Å². The summed E-state index contributed by atoms with van der Waals surface area (Å²) in [6, 6.07) is 10.8. The van der Waals surface area contributed by atoms with Crippen molar-refractivity contribution in [3.63, 3.8) is 0 Å². The van der Waals surface area contributed by atoms with Gasteiger partial charge in [0.2, 0.25) is 0 Å². The molecule has 2 aromatic rings. The molecule has 0 aliphatic rings. The Morgan fingerprint density at radius 3 is 2.52 bits per heavy atom. The fraction of sp³-hybridized carbons (Fsp3) is 0.263. The zero-order valence-electron chi connectivity index (χ0n) is 14.4. The van der Waals surface area contributed by atoms with E-state index in [-0.39, 0.29) is 17.2 Å². The van der Waals surface area contributed by atoms with Crippen LogP contribution in [0.1, 0.15) is 28.4 Å². The Morgan fingerprint density at radius 1 is 1.20 bits per heavy atom. The zero-order chi connectivity index (χ0) is 18.4. The Bertz CT molecular complexity index is 774. The second-order valence-electron chi connectivity index (χ2n) is 5.66. The number of halogens is 2. The van der Waals surface area contributed by atoms with E-state index in [1.807, 2.05) is 50.1 Å². The van der Waals surface area contributed by atoms with Crippen molar-refractivity contribution in [1.82, 2.24) is 4.90 Å². The molecule has 2 aromatic carbocycles. The van der Waals surface area contributed by atoms with Gasteiger partial charge in [0.05, 0.1) is 27.6 Å². The summed E-state index contributed by atoms with van der Waals surface area (Å²) in [5.74, 6) is -0.520. The molecule has 0 aliphatic carbocycles. The molecule has 4 nitrogen and oxygen atoms in total. The number of aryl methyl sites for hydroxylation is 1. The first kappa shape index (κ1) is 19.3. The van der Waals surface area contributed by atoms with Crippen molar-refractivity contribution in [3.8, 4) is 0 Å². The quantitative estimate of drug-likeness (QED) is 0.390. The molecule has 0 fully saturated rings. The molecule has 2 rings (SSSR count). The number of aliphatic imine (C=N–C) groups is 1. The van der Waals surface area contributed by atoms with E-state index in [0.29, 0.717) is 10.7 Å². The summed E-state index contributed by atoms with van der Waals surface area (Å²) in [5.41, 5.74) is 2.78. The second-order valence-corrected chi connectivity index (χ2v) is 6.48. The van der Waals surface area contributed by atoms with Gasteiger partial charge in [0, 0.05) is 13.6 Å². The first-order valence-corrected chi connectivity index (χ1v) is 8.62. The normalized spacial score (nSPS) is 10.9. The summed E-state index contributed by atoms with van der Waals surface area (Å²) in [7, 11) is 1.90. The highest BCUT2D eigenvalue weighted by atomic mass is 35.5. The largest absolute Gasteiger partial charge is 0.457 e. The Hall–Kier alpha value is -2.04. The van der Waals surface area contributed by atoms with Gasteiger partial charge in [0.25, 0.3) is 0 Å². The van der Waals surface area contributed by atoms with Crippen LogP contribution < -0.4 is 0 Å². The molecule has 0 spiro atoms. The van der Waals surface area contributed by atoms with Crippen molar-refractivity contribution in [2.24, 2.45) is 4.99 Å². The fourth-order valence-corrected chi connectivity index (χ4v) is 2.39. The first-order chi connectivity index (χ1) is 11.9. The van der Waals surface area contributed by atoms with E-state index in [4.69, 9.17) is 27.9 Å². The molecule has 0 saturated carbocycles. The molecule has 0 heterocycles. The molecule has 0 N–H and O–H groups in total. The third-order valence-electron chi connectivity index (χ3n) is 3.64. The number of carbonyl (C=O) groups excluding carboxylic acids is 1. The van der Waals surface area contributed by atoms with E-state index in [1.54, 1.807) is 12.4 Å². The van der Waals surface area contributed by atoms with Crippen LogP contribution in [0.5, 0.6) is 0 Å². The Morgan fingerprint density at radius 2 is 1.88 bits per heavy atom. The summed E-state index contributed by atoms with van der Waals surface area (Å²) in [6.45, 7) is 5.00. The van der Waals surface area contributed by atoms with E-state index >= 15 is 0 Å². The highest BCUT2D eigenvalue weighted by Crippen LogP contribution is 2.31. The third-order valence-corrected chi connectivity index (χ3v) is 4.26. The molecular formula is C19H20Cl2N2O2. The highest BCUT2D eigenvalue weighted by Gasteiger charge is 2.15. The Kier molecular flexibility index (Phi) is 6.85. The summed E-state index contributed by atoms with van der Waals surface area (Å²) in [6.07, 6.45) is 1.66. The molecule has 0 atom stereocenters. The van der Waals surface area contributed by atoms with Gasteiger partial charge >= 0.3 is 5.97 Å². The summed E-state index contributed by atoms with van der Waals surface area (Å²) in [4.78, 5) is 18.4. The predicted octanol–water partition coefficient (Wildman–Crippen LogP) is 5.27. The number of ether oxygens (including phenoxy) is 1. The van der Waals surface area contributed by atoms with Gasteiger partial charge in [-0.3, -0.25) is 0 Å². The van der Waals surface area contributed by atoms with Crippen molar-refractivity contribution in [3.05, 3.63) is 63.1 Å². The van der Waals surface area contributed by atoms with Crippen molar-refractivity contribution < 1.29 is 9.53 Å². The maximum atomic E-state index is 12.3. The lowest BCUT2D eigenvalue weighted by atomic mass is 10.1. The van der Waals surface area contributed by atoms with Crippen LogP contribution >= 0.6 is 23.2 Å². The molecule has 0 bridgehead atoms. The fourth-order valence-electron chi connectivity index (χ4n) is 1.95. The van der Waals surface area contributed by atoms with Gasteiger partial charge < -0.3 is 9.64 Å². The predicted molar refractivity (Wildman–Crippen MR) is 103 cm³/mol. The number of nitrogens with zero attached hydrogens (tertiary/aromatic N) is 2. The smallest absolute Gasteiger partial charge is 0.340 e. The monoisotopic (exact) mass is 378 g/mol. The first-order valence-electron chi connectivity index (χ1n) is 7.87. The molecule has 0 aromatic heterocycles. The zero-order valence-corrected chi connectivity index (χ0v) is 15.9. The van der Waals surface area contributed by atoms with Crippen LogP contribution in [0.2, 0.25) is 10.0 Å². The standard InChI is InChI=1S/C19H20Cl2N2O2/c1-4-23(3)12-22-18-10-16(20)15(9-17(18)21)19(24)25-11-14-7-5-13(2)6-8-14/h5-10,12H,4,11H2,1-3H3. The lowest BCUT2D eigenvalue weighted by Gasteiger charge is -2.10. The number of hydrogen-bond acceptors (Lipinski definition) is 3. The molecule has 25 heavy (non-hydrogen) atoms. The highest BCUT2D eigenvalue weighted by molar-refractivity contribution is 6.37. The van der Waals surface area contributed by atoms with Crippen molar-refractivity contribution in [2.45, 2.75) is 20.5 Å². The van der Waals surface area contributed by atoms with Gasteiger partial charge in [0.1, 0.15) is 6.61 Å². The van der Waals surface area contributed by atoms with Gasteiger partial charge in [-0.05, 0) is 31.5 Å². The molecule has 0 aliphatic heterocycles. The SMILES string of the molecule is CCN(C)C=Nc1cc(Cl)c(C(=O)OCc2ccc(C)cc2)cc1Cl. The number of benzene rings is 2. The molecule has 0 saturated heterocycles. The third kappa shape index (κ3) is 5.48. The number of carbonyl (C=O) groups is 1. The van der Waals surface area contributed by atoms with Gasteiger partial charge in [-0.1, -0.05) is 53.0 Å². The van der Waals surface area contributed by atoms with Gasteiger partial charge in [-0.15, -0.1) is 0 Å². The lowest BCUT2D eigenvalue weighted by molar-refractivity contribution is 0.0473. The second kappa shape index (κ2) is 8.88. The minimum atomic E-state index is -0.520. The Labute approximate surface area is 158 Å². The summed E-state index contributed by atoms with van der Waals surface area (Å²) >= 11 is 12.4. The molecule has 0 unspecified atom stereocenters. The van der Waals surface area contributed by atoms with Gasteiger partial charge in [-0.25, -0.2) is 9.79 Å². The molecular weight excluding hydrogens is 359 g/mol.